The molecule has 2 atom stereocenters. The average molecular weight is 263 g/mol. The van der Waals surface area contributed by atoms with Gasteiger partial charge in [0.05, 0.1) is 0 Å². The van der Waals surface area contributed by atoms with Crippen LogP contribution in [-0.2, 0) is 0 Å². The lowest BCUT2D eigenvalue weighted by atomic mass is 10.0. The van der Waals surface area contributed by atoms with Gasteiger partial charge in [-0.15, -0.1) is 0 Å². The van der Waals surface area contributed by atoms with Crippen molar-refractivity contribution in [2.45, 2.75) is 66.0 Å². The molecule has 0 amide bonds. The molecule has 0 aromatic heterocycles. The number of likely N-dealkylation sites (N-methyl/N-ethyl adjacent to an activating group) is 1. The Balaban J connectivity index is 2.91. The van der Waals surface area contributed by atoms with Gasteiger partial charge in [-0.2, -0.15) is 0 Å². The van der Waals surface area contributed by atoms with E-state index < -0.39 is 0 Å². The first-order chi connectivity index (χ1) is 9.03. The molecular formula is C17H29NO. The van der Waals surface area contributed by atoms with Gasteiger partial charge >= 0.3 is 0 Å². The summed E-state index contributed by atoms with van der Waals surface area (Å²) in [5.41, 5.74) is 3.83. The fourth-order valence-electron chi connectivity index (χ4n) is 2.56. The Hall–Kier alpha value is -1.02. The van der Waals surface area contributed by atoms with Crippen LogP contribution in [0.25, 0.3) is 0 Å². The summed E-state index contributed by atoms with van der Waals surface area (Å²) in [7, 11) is 2.03. The van der Waals surface area contributed by atoms with Crippen molar-refractivity contribution in [1.82, 2.24) is 5.32 Å². The van der Waals surface area contributed by atoms with Gasteiger partial charge in [0, 0.05) is 6.04 Å². The Morgan fingerprint density at radius 1 is 1.16 bits per heavy atom. The van der Waals surface area contributed by atoms with Gasteiger partial charge in [-0.3, -0.25) is 0 Å². The van der Waals surface area contributed by atoms with Crippen molar-refractivity contribution < 1.29 is 4.74 Å². The van der Waals surface area contributed by atoms with Gasteiger partial charge < -0.3 is 10.1 Å². The first kappa shape index (κ1) is 16.0. The van der Waals surface area contributed by atoms with Crippen LogP contribution in [0, 0.1) is 20.8 Å². The highest BCUT2D eigenvalue weighted by Gasteiger charge is 2.20. The minimum Gasteiger partial charge on any atom is -0.489 e. The predicted octanol–water partition coefficient (Wildman–Crippen LogP) is 4.16. The smallest absolute Gasteiger partial charge is 0.123 e. The molecule has 1 rings (SSSR count). The van der Waals surface area contributed by atoms with E-state index in [0.717, 1.165) is 18.6 Å². The topological polar surface area (TPSA) is 21.3 Å². The van der Waals surface area contributed by atoms with Gasteiger partial charge in [0.15, 0.2) is 0 Å². The molecule has 0 aliphatic rings. The maximum absolute atomic E-state index is 6.30. The SMILES string of the molecule is CCCC(NC)C(CC)Oc1cc(C)cc(C)c1C. The van der Waals surface area contributed by atoms with Crippen molar-refractivity contribution >= 4 is 0 Å². The highest BCUT2D eigenvalue weighted by Crippen LogP contribution is 2.26. The van der Waals surface area contributed by atoms with Crippen LogP contribution in [0.1, 0.15) is 49.8 Å². The van der Waals surface area contributed by atoms with E-state index in [4.69, 9.17) is 4.74 Å². The van der Waals surface area contributed by atoms with Crippen LogP contribution in [-0.4, -0.2) is 19.2 Å². The number of hydrogen-bond donors (Lipinski definition) is 1. The van der Waals surface area contributed by atoms with Crippen molar-refractivity contribution in [1.29, 1.82) is 0 Å². The van der Waals surface area contributed by atoms with E-state index in [1.165, 1.54) is 23.1 Å². The minimum absolute atomic E-state index is 0.241. The minimum atomic E-state index is 0.241. The molecule has 0 aliphatic carbocycles. The number of rotatable bonds is 7. The molecule has 2 unspecified atom stereocenters. The summed E-state index contributed by atoms with van der Waals surface area (Å²) in [4.78, 5) is 0. The van der Waals surface area contributed by atoms with E-state index in [1.807, 2.05) is 7.05 Å². The fraction of sp³-hybridized carbons (Fsp3) is 0.647. The van der Waals surface area contributed by atoms with Crippen molar-refractivity contribution in [3.63, 3.8) is 0 Å². The van der Waals surface area contributed by atoms with Gasteiger partial charge in [-0.25, -0.2) is 0 Å². The zero-order valence-corrected chi connectivity index (χ0v) is 13.3. The molecule has 1 aromatic rings. The first-order valence-electron chi connectivity index (χ1n) is 7.45. The van der Waals surface area contributed by atoms with Gasteiger partial charge in [-0.1, -0.05) is 26.3 Å². The lowest BCUT2D eigenvalue weighted by Crippen LogP contribution is -2.41. The van der Waals surface area contributed by atoms with Crippen molar-refractivity contribution in [3.8, 4) is 5.75 Å². The zero-order valence-electron chi connectivity index (χ0n) is 13.3. The molecule has 1 aromatic carbocycles. The van der Waals surface area contributed by atoms with E-state index in [0.29, 0.717) is 6.04 Å². The van der Waals surface area contributed by atoms with Crippen LogP contribution in [0.3, 0.4) is 0 Å². The maximum Gasteiger partial charge on any atom is 0.123 e. The average Bonchev–Trinajstić information content (AvgIpc) is 2.38. The molecule has 0 bridgehead atoms. The maximum atomic E-state index is 6.30. The summed E-state index contributed by atoms with van der Waals surface area (Å²) in [6, 6.07) is 4.80. The largest absolute Gasteiger partial charge is 0.489 e. The summed E-state index contributed by atoms with van der Waals surface area (Å²) < 4.78 is 6.30. The normalized spacial score (nSPS) is 14.2. The van der Waals surface area contributed by atoms with Gasteiger partial charge in [0.2, 0.25) is 0 Å². The van der Waals surface area contributed by atoms with Crippen LogP contribution < -0.4 is 10.1 Å². The summed E-state index contributed by atoms with van der Waals surface area (Å²) in [5.74, 6) is 1.04. The molecule has 0 radical (unpaired) electrons. The lowest BCUT2D eigenvalue weighted by molar-refractivity contribution is 0.145. The Morgan fingerprint density at radius 3 is 2.37 bits per heavy atom. The molecule has 1 N–H and O–H groups in total. The summed E-state index contributed by atoms with van der Waals surface area (Å²) in [6.07, 6.45) is 3.60. The molecule has 0 fully saturated rings. The summed E-state index contributed by atoms with van der Waals surface area (Å²) in [5, 5.41) is 3.40. The van der Waals surface area contributed by atoms with Crippen LogP contribution in [0.5, 0.6) is 5.75 Å². The molecule has 0 saturated heterocycles. The summed E-state index contributed by atoms with van der Waals surface area (Å²) >= 11 is 0. The number of ether oxygens (including phenoxy) is 1. The molecular weight excluding hydrogens is 234 g/mol. The third-order valence-corrected chi connectivity index (χ3v) is 3.86. The monoisotopic (exact) mass is 263 g/mol. The second-order valence-corrected chi connectivity index (χ2v) is 5.45. The second-order valence-electron chi connectivity index (χ2n) is 5.45. The first-order valence-corrected chi connectivity index (χ1v) is 7.45. The molecule has 108 valence electrons. The molecule has 0 spiro atoms. The van der Waals surface area contributed by atoms with Gasteiger partial charge in [-0.05, 0) is 63.4 Å². The predicted molar refractivity (Wildman–Crippen MR) is 83.1 cm³/mol. The Labute approximate surface area is 118 Å². The Bertz CT molecular complexity index is 400. The second kappa shape index (κ2) is 7.54. The van der Waals surface area contributed by atoms with Crippen molar-refractivity contribution in [2.75, 3.05) is 7.05 Å². The van der Waals surface area contributed by atoms with E-state index in [-0.39, 0.29) is 6.10 Å². The quantitative estimate of drug-likeness (QED) is 0.797. The van der Waals surface area contributed by atoms with E-state index in [2.05, 4.69) is 52.1 Å². The molecule has 19 heavy (non-hydrogen) atoms. The standard InChI is InChI=1S/C17H29NO/c1-7-9-15(18-6)16(8-2)19-17-11-12(3)10-13(4)14(17)5/h10-11,15-16,18H,7-9H2,1-6H3. The van der Waals surface area contributed by atoms with Gasteiger partial charge in [0.25, 0.3) is 0 Å². The van der Waals surface area contributed by atoms with Crippen LogP contribution >= 0.6 is 0 Å². The summed E-state index contributed by atoms with van der Waals surface area (Å²) in [6.45, 7) is 10.8. The van der Waals surface area contributed by atoms with E-state index in [9.17, 15) is 0 Å². The number of benzene rings is 1. The molecule has 0 saturated carbocycles. The van der Waals surface area contributed by atoms with Crippen molar-refractivity contribution in [2.24, 2.45) is 0 Å². The fourth-order valence-corrected chi connectivity index (χ4v) is 2.56. The third kappa shape index (κ3) is 4.24. The number of aryl methyl sites for hydroxylation is 2. The molecule has 2 nitrogen and oxygen atoms in total. The molecule has 2 heteroatoms. The van der Waals surface area contributed by atoms with Gasteiger partial charge in [0.1, 0.15) is 11.9 Å². The lowest BCUT2D eigenvalue weighted by Gasteiger charge is -2.28. The van der Waals surface area contributed by atoms with E-state index in [1.54, 1.807) is 0 Å². The number of hydrogen-bond acceptors (Lipinski definition) is 2. The van der Waals surface area contributed by atoms with E-state index >= 15 is 0 Å². The number of nitrogens with one attached hydrogen (secondary N) is 1. The Morgan fingerprint density at radius 2 is 1.84 bits per heavy atom. The molecule has 0 aliphatic heterocycles. The van der Waals surface area contributed by atoms with Crippen LogP contribution in [0.4, 0.5) is 0 Å². The third-order valence-electron chi connectivity index (χ3n) is 3.86. The highest BCUT2D eigenvalue weighted by atomic mass is 16.5. The zero-order chi connectivity index (χ0) is 14.4. The molecule has 0 heterocycles. The Kier molecular flexibility index (Phi) is 6.36. The van der Waals surface area contributed by atoms with Crippen LogP contribution in [0.15, 0.2) is 12.1 Å². The highest BCUT2D eigenvalue weighted by molar-refractivity contribution is 5.42. The van der Waals surface area contributed by atoms with Crippen molar-refractivity contribution in [3.05, 3.63) is 28.8 Å². The van der Waals surface area contributed by atoms with Crippen LogP contribution in [0.2, 0.25) is 0 Å².